The number of thiophene rings is 1. The molecule has 0 aliphatic carbocycles. The Hall–Kier alpha value is -0.530. The van der Waals surface area contributed by atoms with Crippen LogP contribution in [0.4, 0.5) is 5.69 Å². The van der Waals surface area contributed by atoms with Gasteiger partial charge in [0.05, 0.1) is 10.0 Å². The zero-order valence-electron chi connectivity index (χ0n) is 9.45. The van der Waals surface area contributed by atoms with Crippen molar-refractivity contribution in [3.05, 3.63) is 37.7 Å². The monoisotopic (exact) mass is 356 g/mol. The van der Waals surface area contributed by atoms with Gasteiger partial charge < -0.3 is 0 Å². The van der Waals surface area contributed by atoms with E-state index in [1.165, 1.54) is 12.3 Å². The maximum Gasteiger partial charge on any atom is 0.264 e. The number of nitrogens with zero attached hydrogens (tertiary/aromatic N) is 1. The Bertz CT molecular complexity index is 728. The topological polar surface area (TPSA) is 59.1 Å². The SMILES string of the molecule is Cc1cnc(Cl)c(NS(=O)(=O)c2cc(Cl)sc2Cl)c1. The number of aryl methyl sites for hydroxylation is 1. The van der Waals surface area contributed by atoms with Gasteiger partial charge in [0.25, 0.3) is 10.0 Å². The van der Waals surface area contributed by atoms with Crippen molar-refractivity contribution in [3.63, 3.8) is 0 Å². The molecule has 0 unspecified atom stereocenters. The molecular formula is C10H7Cl3N2O2S2. The van der Waals surface area contributed by atoms with E-state index in [-0.39, 0.29) is 20.1 Å². The van der Waals surface area contributed by atoms with Gasteiger partial charge >= 0.3 is 0 Å². The fourth-order valence-corrected chi connectivity index (χ4v) is 4.75. The highest BCUT2D eigenvalue weighted by Gasteiger charge is 2.22. The number of anilines is 1. The average molecular weight is 358 g/mol. The number of halogens is 3. The van der Waals surface area contributed by atoms with Gasteiger partial charge in [0, 0.05) is 6.20 Å². The lowest BCUT2D eigenvalue weighted by Crippen LogP contribution is -2.13. The molecule has 0 saturated heterocycles. The van der Waals surface area contributed by atoms with E-state index in [0.29, 0.717) is 4.34 Å². The Kier molecular flexibility index (Phi) is 4.27. The average Bonchev–Trinajstić information content (AvgIpc) is 2.63. The van der Waals surface area contributed by atoms with Gasteiger partial charge in [0.15, 0.2) is 5.15 Å². The van der Waals surface area contributed by atoms with Gasteiger partial charge in [-0.25, -0.2) is 13.4 Å². The first-order valence-electron chi connectivity index (χ1n) is 4.89. The van der Waals surface area contributed by atoms with E-state index in [1.807, 2.05) is 0 Å². The molecule has 1 N–H and O–H groups in total. The largest absolute Gasteiger partial charge is 0.276 e. The third kappa shape index (κ3) is 3.32. The maximum atomic E-state index is 12.2. The van der Waals surface area contributed by atoms with Crippen molar-refractivity contribution < 1.29 is 8.42 Å². The van der Waals surface area contributed by atoms with Crippen LogP contribution in [0.1, 0.15) is 5.56 Å². The Morgan fingerprint density at radius 2 is 1.95 bits per heavy atom. The quantitative estimate of drug-likeness (QED) is 0.837. The summed E-state index contributed by atoms with van der Waals surface area (Å²) in [6, 6.07) is 2.86. The van der Waals surface area contributed by atoms with Gasteiger partial charge in [-0.1, -0.05) is 34.8 Å². The molecule has 0 aliphatic heterocycles. The minimum absolute atomic E-state index is 0.0617. The fraction of sp³-hybridized carbons (Fsp3) is 0.100. The van der Waals surface area contributed by atoms with Gasteiger partial charge in [-0.3, -0.25) is 4.72 Å². The highest BCUT2D eigenvalue weighted by Crippen LogP contribution is 2.35. The molecule has 0 fully saturated rings. The Labute approximate surface area is 129 Å². The van der Waals surface area contributed by atoms with E-state index in [1.54, 1.807) is 13.0 Å². The third-order valence-electron chi connectivity index (χ3n) is 2.14. The van der Waals surface area contributed by atoms with Crippen molar-refractivity contribution in [1.29, 1.82) is 0 Å². The van der Waals surface area contributed by atoms with Crippen LogP contribution >= 0.6 is 46.1 Å². The van der Waals surface area contributed by atoms with Crippen LogP contribution in [0, 0.1) is 6.92 Å². The minimum atomic E-state index is -3.84. The molecule has 0 amide bonds. The summed E-state index contributed by atoms with van der Waals surface area (Å²) in [5, 5.41) is 0.0617. The molecule has 19 heavy (non-hydrogen) atoms. The van der Waals surface area contributed by atoms with E-state index in [9.17, 15) is 8.42 Å². The predicted octanol–water partition coefficient (Wildman–Crippen LogP) is 4.21. The molecule has 2 aromatic rings. The molecule has 0 radical (unpaired) electrons. The fourth-order valence-electron chi connectivity index (χ4n) is 1.33. The van der Waals surface area contributed by atoms with Gasteiger partial charge in [0.1, 0.15) is 9.23 Å². The normalized spacial score (nSPS) is 11.6. The van der Waals surface area contributed by atoms with Crippen LogP contribution in [-0.2, 0) is 10.0 Å². The summed E-state index contributed by atoms with van der Waals surface area (Å²) in [7, 11) is -3.84. The lowest BCUT2D eigenvalue weighted by Gasteiger charge is -2.08. The molecule has 9 heteroatoms. The molecule has 4 nitrogen and oxygen atoms in total. The molecule has 0 spiro atoms. The van der Waals surface area contributed by atoms with E-state index >= 15 is 0 Å². The van der Waals surface area contributed by atoms with Crippen LogP contribution in [0.2, 0.25) is 13.8 Å². The van der Waals surface area contributed by atoms with Gasteiger partial charge in [-0.05, 0) is 24.6 Å². The first kappa shape index (κ1) is 14.9. The molecule has 0 bridgehead atoms. The number of aromatic nitrogens is 1. The van der Waals surface area contributed by atoms with E-state index in [4.69, 9.17) is 34.8 Å². The van der Waals surface area contributed by atoms with Gasteiger partial charge in [0.2, 0.25) is 0 Å². The summed E-state index contributed by atoms with van der Waals surface area (Å²) in [6.07, 6.45) is 1.54. The Balaban J connectivity index is 2.42. The van der Waals surface area contributed by atoms with Crippen molar-refractivity contribution in [2.45, 2.75) is 11.8 Å². The summed E-state index contributed by atoms with van der Waals surface area (Å²) in [6.45, 7) is 1.77. The molecule has 0 aliphatic rings. The molecule has 0 saturated carbocycles. The zero-order chi connectivity index (χ0) is 14.2. The van der Waals surface area contributed by atoms with E-state index in [0.717, 1.165) is 16.9 Å². The molecule has 2 rings (SSSR count). The first-order chi connectivity index (χ1) is 8.79. The van der Waals surface area contributed by atoms with Crippen molar-refractivity contribution in [2.24, 2.45) is 0 Å². The number of pyridine rings is 1. The summed E-state index contributed by atoms with van der Waals surface area (Å²) in [5.41, 5.74) is 0.969. The summed E-state index contributed by atoms with van der Waals surface area (Å²) in [4.78, 5) is 3.78. The Morgan fingerprint density at radius 3 is 2.53 bits per heavy atom. The summed E-state index contributed by atoms with van der Waals surface area (Å²) < 4.78 is 27.1. The molecule has 2 aromatic heterocycles. The number of rotatable bonds is 3. The van der Waals surface area contributed by atoms with Crippen molar-refractivity contribution >= 4 is 61.9 Å². The van der Waals surface area contributed by atoms with Crippen LogP contribution in [0.5, 0.6) is 0 Å². The predicted molar refractivity (Wildman–Crippen MR) is 79.1 cm³/mol. The van der Waals surface area contributed by atoms with E-state index < -0.39 is 10.0 Å². The lowest BCUT2D eigenvalue weighted by atomic mass is 10.3. The van der Waals surface area contributed by atoms with Crippen LogP contribution in [0.3, 0.4) is 0 Å². The first-order valence-corrected chi connectivity index (χ1v) is 8.33. The highest BCUT2D eigenvalue weighted by molar-refractivity contribution is 7.93. The maximum absolute atomic E-state index is 12.2. The van der Waals surface area contributed by atoms with Crippen LogP contribution in [0.15, 0.2) is 23.2 Å². The number of nitrogens with one attached hydrogen (secondary N) is 1. The molecule has 0 aromatic carbocycles. The van der Waals surface area contributed by atoms with Gasteiger partial charge in [-0.2, -0.15) is 0 Å². The second kappa shape index (κ2) is 5.46. The van der Waals surface area contributed by atoms with Crippen molar-refractivity contribution in [3.8, 4) is 0 Å². The molecule has 0 atom stereocenters. The third-order valence-corrected chi connectivity index (χ3v) is 5.55. The highest BCUT2D eigenvalue weighted by atomic mass is 35.5. The van der Waals surface area contributed by atoms with Gasteiger partial charge in [-0.15, -0.1) is 11.3 Å². The smallest absolute Gasteiger partial charge is 0.264 e. The molecule has 2 heterocycles. The molecular weight excluding hydrogens is 351 g/mol. The Morgan fingerprint density at radius 1 is 1.26 bits per heavy atom. The minimum Gasteiger partial charge on any atom is -0.276 e. The lowest BCUT2D eigenvalue weighted by molar-refractivity contribution is 0.601. The zero-order valence-corrected chi connectivity index (χ0v) is 13.3. The van der Waals surface area contributed by atoms with Crippen LogP contribution in [0.25, 0.3) is 0 Å². The molecule has 102 valence electrons. The number of hydrogen-bond donors (Lipinski definition) is 1. The van der Waals surface area contributed by atoms with E-state index in [2.05, 4.69) is 9.71 Å². The number of hydrogen-bond acceptors (Lipinski definition) is 4. The van der Waals surface area contributed by atoms with Crippen molar-refractivity contribution in [2.75, 3.05) is 4.72 Å². The second-order valence-electron chi connectivity index (χ2n) is 3.65. The van der Waals surface area contributed by atoms with Crippen molar-refractivity contribution in [1.82, 2.24) is 4.98 Å². The number of sulfonamides is 1. The summed E-state index contributed by atoms with van der Waals surface area (Å²) >= 11 is 18.4. The summed E-state index contributed by atoms with van der Waals surface area (Å²) in [5.74, 6) is 0. The van der Waals surface area contributed by atoms with Crippen LogP contribution < -0.4 is 4.72 Å². The second-order valence-corrected chi connectivity index (χ2v) is 7.94. The van der Waals surface area contributed by atoms with Crippen LogP contribution in [-0.4, -0.2) is 13.4 Å². The standard InChI is InChI=1S/C10H7Cl3N2O2S2/c1-5-2-6(9(12)14-4-5)15-19(16,17)7-3-8(11)18-10(7)13/h2-4,15H,1H3.